The molecule has 0 spiro atoms. The zero-order valence-corrected chi connectivity index (χ0v) is 15.3. The number of amides is 2. The van der Waals surface area contributed by atoms with Gasteiger partial charge in [0.1, 0.15) is 0 Å². The standard InChI is InChI=1S/C17H19N3O5S/c1-19(2)17(22)13-6-10-15(11-7-13)26(24,25)20(3)14-8-4-12(5-9-14)16(21)18-23/h4-11,23H,1-3H3,(H,18,21). The number of benzene rings is 2. The molecule has 2 N–H and O–H groups in total. The summed E-state index contributed by atoms with van der Waals surface area (Å²) in [4.78, 5) is 24.6. The average molecular weight is 377 g/mol. The summed E-state index contributed by atoms with van der Waals surface area (Å²) >= 11 is 0. The van der Waals surface area contributed by atoms with Gasteiger partial charge in [-0.1, -0.05) is 0 Å². The van der Waals surface area contributed by atoms with E-state index in [0.29, 0.717) is 11.3 Å². The molecule has 0 radical (unpaired) electrons. The van der Waals surface area contributed by atoms with Gasteiger partial charge in [-0.25, -0.2) is 13.9 Å². The van der Waals surface area contributed by atoms with Gasteiger partial charge in [-0.15, -0.1) is 0 Å². The monoisotopic (exact) mass is 377 g/mol. The Bertz CT molecular complexity index is 906. The number of hydrogen-bond acceptors (Lipinski definition) is 5. The topological polar surface area (TPSA) is 107 Å². The maximum absolute atomic E-state index is 12.7. The summed E-state index contributed by atoms with van der Waals surface area (Å²) in [5, 5.41) is 8.61. The maximum Gasteiger partial charge on any atom is 0.274 e. The van der Waals surface area contributed by atoms with Crippen molar-refractivity contribution in [2.24, 2.45) is 0 Å². The van der Waals surface area contributed by atoms with E-state index in [4.69, 9.17) is 5.21 Å². The molecule has 0 aromatic heterocycles. The molecule has 0 heterocycles. The third-order valence-electron chi connectivity index (χ3n) is 3.76. The van der Waals surface area contributed by atoms with E-state index in [1.54, 1.807) is 14.1 Å². The van der Waals surface area contributed by atoms with Gasteiger partial charge in [0.25, 0.3) is 21.8 Å². The molecule has 0 atom stereocenters. The van der Waals surface area contributed by atoms with Crippen LogP contribution in [0.2, 0.25) is 0 Å². The molecule has 8 nitrogen and oxygen atoms in total. The molecule has 0 saturated heterocycles. The van der Waals surface area contributed by atoms with E-state index in [1.165, 1.54) is 66.0 Å². The summed E-state index contributed by atoms with van der Waals surface area (Å²) in [6.45, 7) is 0. The van der Waals surface area contributed by atoms with Crippen LogP contribution in [0.4, 0.5) is 5.69 Å². The van der Waals surface area contributed by atoms with Crippen LogP contribution >= 0.6 is 0 Å². The summed E-state index contributed by atoms with van der Waals surface area (Å²) < 4.78 is 26.5. The van der Waals surface area contributed by atoms with Crippen molar-refractivity contribution in [1.29, 1.82) is 0 Å². The van der Waals surface area contributed by atoms with Crippen molar-refractivity contribution in [3.8, 4) is 0 Å². The van der Waals surface area contributed by atoms with Crippen molar-refractivity contribution < 1.29 is 23.2 Å². The first kappa shape index (κ1) is 19.4. The number of sulfonamides is 1. The van der Waals surface area contributed by atoms with Crippen LogP contribution in [-0.4, -0.2) is 51.5 Å². The first-order chi connectivity index (χ1) is 12.2. The minimum Gasteiger partial charge on any atom is -0.345 e. The van der Waals surface area contributed by atoms with Gasteiger partial charge in [0.15, 0.2) is 0 Å². The van der Waals surface area contributed by atoms with Gasteiger partial charge in [-0.05, 0) is 48.5 Å². The Labute approximate surface area is 151 Å². The highest BCUT2D eigenvalue weighted by atomic mass is 32.2. The average Bonchev–Trinajstić information content (AvgIpc) is 2.66. The number of nitrogens with one attached hydrogen (secondary N) is 1. The molecule has 0 aliphatic heterocycles. The fourth-order valence-electron chi connectivity index (χ4n) is 2.21. The summed E-state index contributed by atoms with van der Waals surface area (Å²) in [7, 11) is 0.775. The Morgan fingerprint density at radius 2 is 1.38 bits per heavy atom. The summed E-state index contributed by atoms with van der Waals surface area (Å²) in [5.41, 5.74) is 2.42. The molecule has 138 valence electrons. The molecule has 2 amide bonds. The third-order valence-corrected chi connectivity index (χ3v) is 5.56. The first-order valence-corrected chi connectivity index (χ1v) is 8.97. The summed E-state index contributed by atoms with van der Waals surface area (Å²) in [6, 6.07) is 11.3. The van der Waals surface area contributed by atoms with Crippen molar-refractivity contribution in [1.82, 2.24) is 10.4 Å². The van der Waals surface area contributed by atoms with Gasteiger partial charge in [0, 0.05) is 32.3 Å². The number of hydroxylamine groups is 1. The largest absolute Gasteiger partial charge is 0.345 e. The molecule has 2 aromatic carbocycles. The number of carbonyl (C=O) groups is 2. The van der Waals surface area contributed by atoms with Crippen molar-refractivity contribution in [2.75, 3.05) is 25.4 Å². The number of rotatable bonds is 5. The van der Waals surface area contributed by atoms with Crippen molar-refractivity contribution in [3.05, 3.63) is 59.7 Å². The summed E-state index contributed by atoms with van der Waals surface area (Å²) in [6.07, 6.45) is 0. The lowest BCUT2D eigenvalue weighted by Gasteiger charge is -2.20. The second-order valence-corrected chi connectivity index (χ2v) is 7.65. The van der Waals surface area contributed by atoms with Gasteiger partial charge in [-0.2, -0.15) is 0 Å². The highest BCUT2D eigenvalue weighted by Gasteiger charge is 2.22. The second-order valence-electron chi connectivity index (χ2n) is 5.68. The smallest absolute Gasteiger partial charge is 0.274 e. The zero-order valence-electron chi connectivity index (χ0n) is 14.5. The second kappa shape index (κ2) is 7.54. The van der Waals surface area contributed by atoms with Crippen molar-refractivity contribution >= 4 is 27.5 Å². The number of nitrogens with zero attached hydrogens (tertiary/aromatic N) is 2. The Kier molecular flexibility index (Phi) is 5.63. The highest BCUT2D eigenvalue weighted by Crippen LogP contribution is 2.23. The number of carbonyl (C=O) groups excluding carboxylic acids is 2. The van der Waals surface area contributed by atoms with Crippen LogP contribution in [0.5, 0.6) is 0 Å². The normalized spacial score (nSPS) is 10.9. The molecular weight excluding hydrogens is 358 g/mol. The van der Waals surface area contributed by atoms with Crippen LogP contribution in [0, 0.1) is 0 Å². The summed E-state index contributed by atoms with van der Waals surface area (Å²) in [5.74, 6) is -0.914. The minimum absolute atomic E-state index is 0.0347. The molecule has 0 bridgehead atoms. The molecule has 2 aromatic rings. The number of anilines is 1. The molecule has 0 fully saturated rings. The van der Waals surface area contributed by atoms with Crippen LogP contribution in [0.25, 0.3) is 0 Å². The highest BCUT2D eigenvalue weighted by molar-refractivity contribution is 7.92. The molecule has 0 saturated carbocycles. The van der Waals surface area contributed by atoms with Gasteiger partial charge in [0.2, 0.25) is 0 Å². The zero-order chi connectivity index (χ0) is 19.5. The quantitative estimate of drug-likeness (QED) is 0.604. The Balaban J connectivity index is 2.28. The predicted octanol–water partition coefficient (Wildman–Crippen LogP) is 1.33. The molecular formula is C17H19N3O5S. The van der Waals surface area contributed by atoms with Crippen LogP contribution in [-0.2, 0) is 10.0 Å². The lowest BCUT2D eigenvalue weighted by atomic mass is 10.2. The predicted molar refractivity (Wildman–Crippen MR) is 95.7 cm³/mol. The lowest BCUT2D eigenvalue weighted by Crippen LogP contribution is -2.27. The molecule has 0 unspecified atom stereocenters. The lowest BCUT2D eigenvalue weighted by molar-refractivity contribution is 0.0706. The van der Waals surface area contributed by atoms with E-state index < -0.39 is 15.9 Å². The molecule has 0 aliphatic carbocycles. The minimum atomic E-state index is -3.83. The third kappa shape index (κ3) is 3.84. The Morgan fingerprint density at radius 1 is 0.885 bits per heavy atom. The van der Waals surface area contributed by atoms with Crippen LogP contribution in [0.1, 0.15) is 20.7 Å². The Hall–Kier alpha value is -2.91. The van der Waals surface area contributed by atoms with E-state index in [1.807, 2.05) is 0 Å². The maximum atomic E-state index is 12.7. The van der Waals surface area contributed by atoms with Crippen LogP contribution in [0.15, 0.2) is 53.4 Å². The molecule has 9 heteroatoms. The molecule has 2 rings (SSSR count). The van der Waals surface area contributed by atoms with Gasteiger partial charge >= 0.3 is 0 Å². The van der Waals surface area contributed by atoms with Crippen LogP contribution < -0.4 is 9.79 Å². The molecule has 0 aliphatic rings. The van der Waals surface area contributed by atoms with Crippen molar-refractivity contribution in [2.45, 2.75) is 4.90 Å². The van der Waals surface area contributed by atoms with E-state index in [2.05, 4.69) is 0 Å². The van der Waals surface area contributed by atoms with Gasteiger partial charge in [-0.3, -0.25) is 19.1 Å². The number of hydrogen-bond donors (Lipinski definition) is 2. The Morgan fingerprint density at radius 3 is 1.85 bits per heavy atom. The fraction of sp³-hybridized carbons (Fsp3) is 0.176. The van der Waals surface area contributed by atoms with Crippen molar-refractivity contribution in [3.63, 3.8) is 0 Å². The van der Waals surface area contributed by atoms with Gasteiger partial charge in [0.05, 0.1) is 10.6 Å². The van der Waals surface area contributed by atoms with E-state index in [0.717, 1.165) is 4.31 Å². The SMILES string of the molecule is CN(C)C(=O)c1ccc(S(=O)(=O)N(C)c2ccc(C(=O)NO)cc2)cc1. The fourth-order valence-corrected chi connectivity index (χ4v) is 3.41. The van der Waals surface area contributed by atoms with Gasteiger partial charge < -0.3 is 4.90 Å². The van der Waals surface area contributed by atoms with E-state index in [-0.39, 0.29) is 16.4 Å². The van der Waals surface area contributed by atoms with Crippen LogP contribution in [0.3, 0.4) is 0 Å². The van der Waals surface area contributed by atoms with E-state index in [9.17, 15) is 18.0 Å². The van der Waals surface area contributed by atoms with E-state index >= 15 is 0 Å². The first-order valence-electron chi connectivity index (χ1n) is 7.53. The molecule has 26 heavy (non-hydrogen) atoms.